The molecule has 0 aliphatic rings. The van der Waals surface area contributed by atoms with Gasteiger partial charge in [-0.25, -0.2) is 0 Å². The van der Waals surface area contributed by atoms with E-state index in [0.29, 0.717) is 18.0 Å². The molecule has 0 saturated heterocycles. The molecular weight excluding hydrogens is 290 g/mol. The van der Waals surface area contributed by atoms with E-state index in [4.69, 9.17) is 0 Å². The third kappa shape index (κ3) is 6.60. The summed E-state index contributed by atoms with van der Waals surface area (Å²) in [4.78, 5) is 23.4. The van der Waals surface area contributed by atoms with Gasteiger partial charge in [0.25, 0.3) is 5.91 Å². The average Bonchev–Trinajstić information content (AvgIpc) is 2.38. The van der Waals surface area contributed by atoms with E-state index in [-0.39, 0.29) is 30.8 Å². The summed E-state index contributed by atoms with van der Waals surface area (Å²) in [5.74, 6) is 0.225. The lowest BCUT2D eigenvalue weighted by Crippen LogP contribution is -2.27. The van der Waals surface area contributed by atoms with Crippen molar-refractivity contribution >= 4 is 29.9 Å². The van der Waals surface area contributed by atoms with Crippen LogP contribution in [-0.4, -0.2) is 32.0 Å². The smallest absolute Gasteiger partial charge is 0.251 e. The summed E-state index contributed by atoms with van der Waals surface area (Å²) < 4.78 is 0. The Bertz CT molecular complexity index is 490. The first-order valence-corrected chi connectivity index (χ1v) is 6.77. The minimum atomic E-state index is -0.104. The molecule has 1 aromatic carbocycles. The summed E-state index contributed by atoms with van der Waals surface area (Å²) in [5.41, 5.74) is 2.20. The lowest BCUT2D eigenvalue weighted by Gasteiger charge is -2.11. The molecule has 0 aromatic heterocycles. The third-order valence-corrected chi connectivity index (χ3v) is 2.77. The molecule has 0 atom stereocenters. The van der Waals surface area contributed by atoms with Crippen molar-refractivity contribution in [3.05, 3.63) is 29.3 Å². The Labute approximate surface area is 132 Å². The standard InChI is InChI=1S/C15H23N3O2.ClH/c1-10(2)8-17-15(20)12-5-6-13(11(3)7-12)18-14(19)9-16-4;/h5-7,10,16H,8-9H2,1-4H3,(H,17,20)(H,18,19);1H. The Kier molecular flexibility index (Phi) is 8.66. The third-order valence-electron chi connectivity index (χ3n) is 2.77. The van der Waals surface area contributed by atoms with Crippen LogP contribution in [0.5, 0.6) is 0 Å². The minimum Gasteiger partial charge on any atom is -0.352 e. The minimum absolute atomic E-state index is 0. The second kappa shape index (κ2) is 9.37. The highest BCUT2D eigenvalue weighted by Crippen LogP contribution is 2.16. The summed E-state index contributed by atoms with van der Waals surface area (Å²) in [5, 5.41) is 8.45. The van der Waals surface area contributed by atoms with E-state index in [0.717, 1.165) is 11.3 Å². The lowest BCUT2D eigenvalue weighted by molar-refractivity contribution is -0.115. The van der Waals surface area contributed by atoms with E-state index >= 15 is 0 Å². The molecule has 3 N–H and O–H groups in total. The number of halogens is 1. The predicted molar refractivity (Wildman–Crippen MR) is 88.2 cm³/mol. The van der Waals surface area contributed by atoms with Crippen LogP contribution in [0, 0.1) is 12.8 Å². The molecule has 0 heterocycles. The molecule has 21 heavy (non-hydrogen) atoms. The maximum atomic E-state index is 11.9. The van der Waals surface area contributed by atoms with Gasteiger partial charge in [-0.15, -0.1) is 12.4 Å². The van der Waals surface area contributed by atoms with Crippen LogP contribution in [-0.2, 0) is 4.79 Å². The summed E-state index contributed by atoms with van der Waals surface area (Å²) in [6.07, 6.45) is 0. The van der Waals surface area contributed by atoms with Gasteiger partial charge < -0.3 is 16.0 Å². The molecule has 118 valence electrons. The van der Waals surface area contributed by atoms with Gasteiger partial charge in [-0.2, -0.15) is 0 Å². The molecule has 0 aliphatic heterocycles. The van der Waals surface area contributed by atoms with Crippen molar-refractivity contribution in [1.82, 2.24) is 10.6 Å². The maximum absolute atomic E-state index is 11.9. The predicted octanol–water partition coefficient (Wildman–Crippen LogP) is 1.96. The van der Waals surface area contributed by atoms with Crippen LogP contribution >= 0.6 is 12.4 Å². The van der Waals surface area contributed by atoms with Crippen LogP contribution in [0.15, 0.2) is 18.2 Å². The summed E-state index contributed by atoms with van der Waals surface area (Å²) in [6, 6.07) is 5.26. The summed E-state index contributed by atoms with van der Waals surface area (Å²) in [7, 11) is 1.72. The fourth-order valence-electron chi connectivity index (χ4n) is 1.70. The number of benzene rings is 1. The van der Waals surface area contributed by atoms with Crippen LogP contribution in [0.25, 0.3) is 0 Å². The Balaban J connectivity index is 0.00000400. The zero-order valence-electron chi connectivity index (χ0n) is 12.9. The Morgan fingerprint density at radius 2 is 1.90 bits per heavy atom. The number of carbonyl (C=O) groups excluding carboxylic acids is 2. The van der Waals surface area contributed by atoms with Gasteiger partial charge in [-0.3, -0.25) is 9.59 Å². The van der Waals surface area contributed by atoms with Crippen LogP contribution in [0.1, 0.15) is 29.8 Å². The van der Waals surface area contributed by atoms with Gasteiger partial charge in [0.1, 0.15) is 0 Å². The zero-order chi connectivity index (χ0) is 15.1. The highest BCUT2D eigenvalue weighted by molar-refractivity contribution is 5.97. The molecule has 1 aromatic rings. The molecule has 6 heteroatoms. The summed E-state index contributed by atoms with van der Waals surface area (Å²) in [6.45, 7) is 6.88. The van der Waals surface area contributed by atoms with Gasteiger partial charge in [0.05, 0.1) is 6.54 Å². The molecule has 0 bridgehead atoms. The van der Waals surface area contributed by atoms with E-state index < -0.39 is 0 Å². The normalized spacial score (nSPS) is 9.95. The zero-order valence-corrected chi connectivity index (χ0v) is 13.8. The van der Waals surface area contributed by atoms with Crippen molar-refractivity contribution < 1.29 is 9.59 Å². The van der Waals surface area contributed by atoms with Gasteiger partial charge in [0.15, 0.2) is 0 Å². The number of carbonyl (C=O) groups is 2. The van der Waals surface area contributed by atoms with E-state index in [9.17, 15) is 9.59 Å². The lowest BCUT2D eigenvalue weighted by atomic mass is 10.1. The molecule has 0 aliphatic carbocycles. The van der Waals surface area contributed by atoms with Crippen molar-refractivity contribution in [2.45, 2.75) is 20.8 Å². The molecule has 0 spiro atoms. The largest absolute Gasteiger partial charge is 0.352 e. The van der Waals surface area contributed by atoms with Crippen LogP contribution in [0.4, 0.5) is 5.69 Å². The number of anilines is 1. The second-order valence-electron chi connectivity index (χ2n) is 5.21. The van der Waals surface area contributed by atoms with Gasteiger partial charge >= 0.3 is 0 Å². The van der Waals surface area contributed by atoms with Crippen LogP contribution in [0.2, 0.25) is 0 Å². The van der Waals surface area contributed by atoms with E-state index in [2.05, 4.69) is 16.0 Å². The average molecular weight is 314 g/mol. The first kappa shape index (κ1) is 19.4. The molecule has 1 rings (SSSR count). The van der Waals surface area contributed by atoms with Crippen molar-refractivity contribution in [2.75, 3.05) is 25.5 Å². The Morgan fingerprint density at radius 3 is 2.43 bits per heavy atom. The molecule has 0 fully saturated rings. The van der Waals surface area contributed by atoms with E-state index in [1.54, 1.807) is 25.2 Å². The van der Waals surface area contributed by atoms with Gasteiger partial charge in [0.2, 0.25) is 5.91 Å². The van der Waals surface area contributed by atoms with Crippen LogP contribution in [0.3, 0.4) is 0 Å². The van der Waals surface area contributed by atoms with Gasteiger partial charge in [-0.05, 0) is 43.7 Å². The van der Waals surface area contributed by atoms with Crippen molar-refractivity contribution in [2.24, 2.45) is 5.92 Å². The molecule has 0 unspecified atom stereocenters. The van der Waals surface area contributed by atoms with Crippen molar-refractivity contribution in [1.29, 1.82) is 0 Å². The molecule has 0 radical (unpaired) electrons. The fraction of sp³-hybridized carbons (Fsp3) is 0.467. The number of amides is 2. The quantitative estimate of drug-likeness (QED) is 0.752. The van der Waals surface area contributed by atoms with Crippen molar-refractivity contribution in [3.63, 3.8) is 0 Å². The monoisotopic (exact) mass is 313 g/mol. The number of hydrogen-bond acceptors (Lipinski definition) is 3. The number of nitrogens with one attached hydrogen (secondary N) is 3. The van der Waals surface area contributed by atoms with Crippen LogP contribution < -0.4 is 16.0 Å². The summed E-state index contributed by atoms with van der Waals surface area (Å²) >= 11 is 0. The highest BCUT2D eigenvalue weighted by Gasteiger charge is 2.09. The first-order chi connectivity index (χ1) is 9.43. The Hall–Kier alpha value is -1.59. The van der Waals surface area contributed by atoms with Crippen molar-refractivity contribution in [3.8, 4) is 0 Å². The SMILES string of the molecule is CNCC(=O)Nc1ccc(C(=O)NCC(C)C)cc1C.Cl. The molecular formula is C15H24ClN3O2. The Morgan fingerprint density at radius 1 is 1.24 bits per heavy atom. The number of aryl methyl sites for hydroxylation is 1. The number of hydrogen-bond donors (Lipinski definition) is 3. The number of rotatable bonds is 6. The van der Waals surface area contributed by atoms with E-state index in [1.165, 1.54) is 0 Å². The number of likely N-dealkylation sites (N-methyl/N-ethyl adjacent to an activating group) is 1. The fourth-order valence-corrected chi connectivity index (χ4v) is 1.70. The van der Waals surface area contributed by atoms with Gasteiger partial charge in [0, 0.05) is 17.8 Å². The first-order valence-electron chi connectivity index (χ1n) is 6.77. The topological polar surface area (TPSA) is 70.2 Å². The second-order valence-corrected chi connectivity index (χ2v) is 5.21. The highest BCUT2D eigenvalue weighted by atomic mass is 35.5. The van der Waals surface area contributed by atoms with Gasteiger partial charge in [-0.1, -0.05) is 13.8 Å². The van der Waals surface area contributed by atoms with E-state index in [1.807, 2.05) is 20.8 Å². The maximum Gasteiger partial charge on any atom is 0.251 e. The molecule has 0 saturated carbocycles. The molecule has 2 amide bonds. The molecule has 5 nitrogen and oxygen atoms in total.